The molecule has 7 nitrogen and oxygen atoms in total. The molecule has 0 bridgehead atoms. The Hall–Kier alpha value is -2.42. The molecule has 1 aliphatic rings. The first-order chi connectivity index (χ1) is 13.8. The summed E-state index contributed by atoms with van der Waals surface area (Å²) in [5, 5.41) is 0. The lowest BCUT2D eigenvalue weighted by Gasteiger charge is -2.44. The van der Waals surface area contributed by atoms with E-state index in [9.17, 15) is 9.00 Å². The second kappa shape index (κ2) is 8.94. The van der Waals surface area contributed by atoms with E-state index < -0.39 is 11.3 Å². The van der Waals surface area contributed by atoms with Crippen LogP contribution in [0.25, 0.3) is 0 Å². The van der Waals surface area contributed by atoms with Crippen LogP contribution in [0.4, 0.5) is 5.69 Å². The molecule has 2 aromatic rings. The summed E-state index contributed by atoms with van der Waals surface area (Å²) in [5.74, 6) is 0.271. The Kier molecular flexibility index (Phi) is 6.56. The number of anilines is 1. The second-order valence-electron chi connectivity index (χ2n) is 7.47. The van der Waals surface area contributed by atoms with Crippen molar-refractivity contribution in [1.82, 2.24) is 9.80 Å². The largest absolute Gasteiger partial charge is 0.496 e. The van der Waals surface area contributed by atoms with Gasteiger partial charge in [0.1, 0.15) is 5.75 Å². The van der Waals surface area contributed by atoms with Crippen molar-refractivity contribution in [3.63, 3.8) is 0 Å². The van der Waals surface area contributed by atoms with Crippen LogP contribution >= 0.6 is 0 Å². The number of benzene rings is 2. The Bertz CT molecular complexity index is 881. The van der Waals surface area contributed by atoms with Crippen LogP contribution in [0.3, 0.4) is 0 Å². The first-order valence-electron chi connectivity index (χ1n) is 9.48. The van der Waals surface area contributed by atoms with E-state index in [0.29, 0.717) is 30.1 Å². The highest BCUT2D eigenvalue weighted by Crippen LogP contribution is 2.30. The lowest BCUT2D eigenvalue weighted by atomic mass is 9.91. The predicted octanol–water partition coefficient (Wildman–Crippen LogP) is 2.94. The summed E-state index contributed by atoms with van der Waals surface area (Å²) in [6, 6.07) is 15.2. The number of hydrogen-bond donors (Lipinski definition) is 2. The third kappa shape index (κ3) is 4.77. The number of carbonyl (C=O) groups excluding carboxylic acids is 1. The zero-order valence-electron chi connectivity index (χ0n) is 16.9. The van der Waals surface area contributed by atoms with Gasteiger partial charge in [0.2, 0.25) is 0 Å². The van der Waals surface area contributed by atoms with Crippen molar-refractivity contribution in [3.05, 3.63) is 59.7 Å². The van der Waals surface area contributed by atoms with Crippen molar-refractivity contribution in [2.24, 2.45) is 0 Å². The third-order valence-electron chi connectivity index (χ3n) is 5.47. The number of amides is 1. The number of carbonyl (C=O) groups is 1. The Morgan fingerprint density at radius 3 is 2.34 bits per heavy atom. The molecule has 1 fully saturated rings. The number of piperazine rings is 1. The lowest BCUT2D eigenvalue weighted by molar-refractivity contribution is 0.0390. The summed E-state index contributed by atoms with van der Waals surface area (Å²) in [6.45, 7) is 7.22. The Morgan fingerprint density at radius 1 is 1.10 bits per heavy atom. The first kappa shape index (κ1) is 21.3. The maximum absolute atomic E-state index is 13.0. The highest BCUT2D eigenvalue weighted by molar-refractivity contribution is 7.80. The molecule has 0 radical (unpaired) electrons. The minimum absolute atomic E-state index is 0.101. The van der Waals surface area contributed by atoms with Crippen molar-refractivity contribution in [2.75, 3.05) is 38.0 Å². The highest BCUT2D eigenvalue weighted by Gasteiger charge is 2.33. The van der Waals surface area contributed by atoms with Crippen molar-refractivity contribution in [1.29, 1.82) is 0 Å². The van der Waals surface area contributed by atoms with Crippen molar-refractivity contribution in [3.8, 4) is 5.75 Å². The maximum atomic E-state index is 13.0. The Balaban J connectivity index is 1.69. The average Bonchev–Trinajstić information content (AvgIpc) is 2.73. The summed E-state index contributed by atoms with van der Waals surface area (Å²) in [4.78, 5) is 17.3. The van der Waals surface area contributed by atoms with Crippen molar-refractivity contribution < 1.29 is 18.3 Å². The van der Waals surface area contributed by atoms with Gasteiger partial charge in [-0.3, -0.25) is 19.0 Å². The van der Waals surface area contributed by atoms with Gasteiger partial charge in [-0.1, -0.05) is 30.3 Å². The van der Waals surface area contributed by atoms with Crippen LogP contribution in [-0.4, -0.2) is 57.8 Å². The number of ether oxygens (including phenoxy) is 1. The normalized spacial score (nSPS) is 16.3. The molecule has 1 unspecified atom stereocenters. The molecule has 156 valence electrons. The molecule has 0 aliphatic carbocycles. The second-order valence-corrected chi connectivity index (χ2v) is 8.17. The Morgan fingerprint density at radius 2 is 1.76 bits per heavy atom. The van der Waals surface area contributed by atoms with Crippen LogP contribution in [0.15, 0.2) is 48.5 Å². The SMILES string of the molecule is COc1cc(NS(=O)O)ccc1C(=O)N1CCN(C(C)(C)c2ccccc2)CC1. The van der Waals surface area contributed by atoms with E-state index in [1.807, 2.05) is 23.1 Å². The fraction of sp³-hybridized carbons (Fsp3) is 0.381. The topological polar surface area (TPSA) is 82.1 Å². The van der Waals surface area contributed by atoms with Crippen LogP contribution in [0.5, 0.6) is 5.75 Å². The number of methoxy groups -OCH3 is 1. The highest BCUT2D eigenvalue weighted by atomic mass is 32.2. The number of nitrogens with zero attached hydrogens (tertiary/aromatic N) is 2. The maximum Gasteiger partial charge on any atom is 0.259 e. The molecule has 2 N–H and O–H groups in total. The molecule has 8 heteroatoms. The van der Waals surface area contributed by atoms with Gasteiger partial charge in [-0.2, -0.15) is 0 Å². The molecule has 1 amide bonds. The molecule has 0 aromatic heterocycles. The minimum Gasteiger partial charge on any atom is -0.496 e. The summed E-state index contributed by atoms with van der Waals surface area (Å²) in [5.41, 5.74) is 2.00. The lowest BCUT2D eigenvalue weighted by Crippen LogP contribution is -2.54. The van der Waals surface area contributed by atoms with Crippen molar-refractivity contribution >= 4 is 22.9 Å². The molecule has 1 saturated heterocycles. The summed E-state index contributed by atoms with van der Waals surface area (Å²) in [6.07, 6.45) is 0. The van der Waals surface area contributed by atoms with Crippen LogP contribution in [-0.2, 0) is 16.8 Å². The summed E-state index contributed by atoms with van der Waals surface area (Å²) >= 11 is -2.18. The number of hydrogen-bond acceptors (Lipinski definition) is 4. The first-order valence-corrected chi connectivity index (χ1v) is 10.6. The van der Waals surface area contributed by atoms with E-state index in [2.05, 4.69) is 35.6 Å². The van der Waals surface area contributed by atoms with Crippen LogP contribution in [0.2, 0.25) is 0 Å². The number of nitrogens with one attached hydrogen (secondary N) is 1. The molecule has 1 aliphatic heterocycles. The van der Waals surface area contributed by atoms with E-state index in [0.717, 1.165) is 13.1 Å². The Labute approximate surface area is 174 Å². The minimum atomic E-state index is -2.18. The molecule has 0 saturated carbocycles. The molecule has 2 aromatic carbocycles. The van der Waals surface area contributed by atoms with Crippen LogP contribution in [0.1, 0.15) is 29.8 Å². The standard InChI is InChI=1S/C21H27N3O4S/c1-21(2,16-7-5-4-6-8-16)24-13-11-23(12-14-24)20(25)18-10-9-17(22-29(26)27)15-19(18)28-3/h4-10,15,22H,11-14H2,1-3H3,(H,26,27). The third-order valence-corrected chi connectivity index (χ3v) is 5.89. The van der Waals surface area contributed by atoms with E-state index in [-0.39, 0.29) is 11.4 Å². The van der Waals surface area contributed by atoms with Gasteiger partial charge in [-0.05, 0) is 31.5 Å². The average molecular weight is 418 g/mol. The van der Waals surface area contributed by atoms with Gasteiger partial charge in [-0.25, -0.2) is 4.21 Å². The van der Waals surface area contributed by atoms with Gasteiger partial charge >= 0.3 is 0 Å². The molecular formula is C21H27N3O4S. The van der Waals surface area contributed by atoms with Gasteiger partial charge in [-0.15, -0.1) is 0 Å². The molecule has 1 atom stereocenters. The fourth-order valence-corrected chi connectivity index (χ4v) is 4.03. The van der Waals surface area contributed by atoms with Gasteiger partial charge in [0.15, 0.2) is 0 Å². The van der Waals surface area contributed by atoms with Gasteiger partial charge in [0.25, 0.3) is 17.2 Å². The monoisotopic (exact) mass is 417 g/mol. The molecule has 0 spiro atoms. The molecule has 1 heterocycles. The summed E-state index contributed by atoms with van der Waals surface area (Å²) in [7, 11) is 1.48. The van der Waals surface area contributed by atoms with Crippen molar-refractivity contribution in [2.45, 2.75) is 19.4 Å². The zero-order valence-corrected chi connectivity index (χ0v) is 17.7. The van der Waals surface area contributed by atoms with E-state index in [4.69, 9.17) is 9.29 Å². The van der Waals surface area contributed by atoms with Gasteiger partial charge in [0, 0.05) is 37.8 Å². The van der Waals surface area contributed by atoms with Crippen LogP contribution < -0.4 is 9.46 Å². The molecular weight excluding hydrogens is 390 g/mol. The van der Waals surface area contributed by atoms with E-state index >= 15 is 0 Å². The van der Waals surface area contributed by atoms with Gasteiger partial charge < -0.3 is 9.64 Å². The van der Waals surface area contributed by atoms with E-state index in [1.54, 1.807) is 18.2 Å². The fourth-order valence-electron chi connectivity index (χ4n) is 3.70. The van der Waals surface area contributed by atoms with E-state index in [1.165, 1.54) is 12.7 Å². The molecule has 3 rings (SSSR count). The smallest absolute Gasteiger partial charge is 0.259 e. The number of rotatable bonds is 6. The van der Waals surface area contributed by atoms with Crippen LogP contribution in [0, 0.1) is 0 Å². The quantitative estimate of drug-likeness (QED) is 0.707. The van der Waals surface area contributed by atoms with Gasteiger partial charge in [0.05, 0.1) is 18.4 Å². The zero-order chi connectivity index (χ0) is 21.0. The molecule has 29 heavy (non-hydrogen) atoms. The predicted molar refractivity (Wildman–Crippen MR) is 114 cm³/mol. The summed E-state index contributed by atoms with van der Waals surface area (Å²) < 4.78 is 27.6.